The maximum atomic E-state index is 14.7. The Bertz CT molecular complexity index is 674. The molecule has 1 aliphatic rings. The Morgan fingerprint density at radius 2 is 1.96 bits per heavy atom. The van der Waals surface area contributed by atoms with Crippen molar-refractivity contribution in [1.29, 1.82) is 0 Å². The van der Waals surface area contributed by atoms with Crippen LogP contribution in [0.25, 0.3) is 0 Å². The SMILES string of the molecule is C[C@@](O)(/C=C/[C@H]1CCC(=O)N1CCCCCCC(=O)O)[C@H](F)c1ccccc1. The number of carboxylic acid groups (broad SMARTS) is 1. The summed E-state index contributed by atoms with van der Waals surface area (Å²) in [6.45, 7) is 2.03. The van der Waals surface area contributed by atoms with Gasteiger partial charge in [-0.25, -0.2) is 4.39 Å². The van der Waals surface area contributed by atoms with Crippen LogP contribution < -0.4 is 0 Å². The molecule has 2 N–H and O–H groups in total. The van der Waals surface area contributed by atoms with Crippen LogP contribution >= 0.6 is 0 Å². The average molecular weight is 391 g/mol. The van der Waals surface area contributed by atoms with Crippen molar-refractivity contribution in [2.75, 3.05) is 6.54 Å². The molecule has 154 valence electrons. The molecule has 5 nitrogen and oxygen atoms in total. The number of aliphatic hydroxyl groups is 1. The molecule has 1 amide bonds. The molecule has 1 fully saturated rings. The summed E-state index contributed by atoms with van der Waals surface area (Å²) in [6.07, 6.45) is 6.09. The fourth-order valence-corrected chi connectivity index (χ4v) is 3.51. The summed E-state index contributed by atoms with van der Waals surface area (Å²) in [5.41, 5.74) is -1.24. The Labute approximate surface area is 165 Å². The molecular formula is C22H30FNO4. The molecule has 3 atom stereocenters. The third kappa shape index (κ3) is 6.44. The largest absolute Gasteiger partial charge is 0.481 e. The van der Waals surface area contributed by atoms with Gasteiger partial charge >= 0.3 is 5.97 Å². The Morgan fingerprint density at radius 1 is 1.29 bits per heavy atom. The van der Waals surface area contributed by atoms with Gasteiger partial charge in [-0.2, -0.15) is 0 Å². The molecule has 0 aromatic heterocycles. The smallest absolute Gasteiger partial charge is 0.303 e. The quantitative estimate of drug-likeness (QED) is 0.441. The zero-order valence-corrected chi connectivity index (χ0v) is 16.4. The van der Waals surface area contributed by atoms with Gasteiger partial charge in [-0.05, 0) is 31.7 Å². The first-order valence-corrected chi connectivity index (χ1v) is 9.93. The van der Waals surface area contributed by atoms with E-state index in [4.69, 9.17) is 5.11 Å². The second kappa shape index (κ2) is 10.4. The first kappa shape index (κ1) is 22.1. The van der Waals surface area contributed by atoms with Crippen molar-refractivity contribution in [1.82, 2.24) is 4.90 Å². The third-order valence-corrected chi connectivity index (χ3v) is 5.18. The number of likely N-dealkylation sites (tertiary alicyclic amines) is 1. The zero-order chi connectivity index (χ0) is 20.6. The molecule has 0 saturated carbocycles. The summed E-state index contributed by atoms with van der Waals surface area (Å²) < 4.78 is 14.7. The zero-order valence-electron chi connectivity index (χ0n) is 16.4. The summed E-state index contributed by atoms with van der Waals surface area (Å²) in [5, 5.41) is 19.2. The molecule has 1 heterocycles. The highest BCUT2D eigenvalue weighted by atomic mass is 19.1. The normalized spacial score (nSPS) is 20.5. The van der Waals surface area contributed by atoms with Crippen LogP contribution in [-0.4, -0.2) is 45.2 Å². The van der Waals surface area contributed by atoms with Gasteiger partial charge < -0.3 is 15.1 Å². The number of nitrogens with zero attached hydrogens (tertiary/aromatic N) is 1. The van der Waals surface area contributed by atoms with Crippen LogP contribution in [0.2, 0.25) is 0 Å². The fourth-order valence-electron chi connectivity index (χ4n) is 3.51. The van der Waals surface area contributed by atoms with Crippen LogP contribution in [0.4, 0.5) is 4.39 Å². The first-order valence-electron chi connectivity index (χ1n) is 9.93. The van der Waals surface area contributed by atoms with Crippen molar-refractivity contribution >= 4 is 11.9 Å². The van der Waals surface area contributed by atoms with Crippen LogP contribution in [0.5, 0.6) is 0 Å². The predicted molar refractivity (Wildman–Crippen MR) is 106 cm³/mol. The van der Waals surface area contributed by atoms with Crippen LogP contribution in [0.3, 0.4) is 0 Å². The molecule has 6 heteroatoms. The van der Waals surface area contributed by atoms with Gasteiger partial charge in [0.15, 0.2) is 6.17 Å². The third-order valence-electron chi connectivity index (χ3n) is 5.18. The average Bonchev–Trinajstić information content (AvgIpc) is 3.02. The number of aliphatic carboxylic acids is 1. The molecule has 2 rings (SSSR count). The molecule has 1 aromatic rings. The minimum atomic E-state index is -1.66. The number of alkyl halides is 1. The van der Waals surface area contributed by atoms with Crippen LogP contribution in [-0.2, 0) is 9.59 Å². The van der Waals surface area contributed by atoms with E-state index in [2.05, 4.69) is 0 Å². The Morgan fingerprint density at radius 3 is 2.64 bits per heavy atom. The molecule has 1 aromatic carbocycles. The summed E-state index contributed by atoms with van der Waals surface area (Å²) in [4.78, 5) is 24.4. The van der Waals surface area contributed by atoms with Gasteiger partial charge in [0, 0.05) is 19.4 Å². The van der Waals surface area contributed by atoms with E-state index in [9.17, 15) is 19.1 Å². The van der Waals surface area contributed by atoms with Crippen molar-refractivity contribution in [3.05, 3.63) is 48.0 Å². The number of rotatable bonds is 11. The summed E-state index contributed by atoms with van der Waals surface area (Å²) >= 11 is 0. The number of benzene rings is 1. The molecule has 28 heavy (non-hydrogen) atoms. The second-order valence-corrected chi connectivity index (χ2v) is 7.61. The molecular weight excluding hydrogens is 361 g/mol. The maximum Gasteiger partial charge on any atom is 0.303 e. The monoisotopic (exact) mass is 391 g/mol. The van der Waals surface area contributed by atoms with E-state index in [0.717, 1.165) is 19.3 Å². The predicted octanol–water partition coefficient (Wildman–Crippen LogP) is 4.03. The van der Waals surface area contributed by atoms with E-state index >= 15 is 0 Å². The number of halogens is 1. The topological polar surface area (TPSA) is 77.8 Å². The minimum Gasteiger partial charge on any atom is -0.481 e. The number of carbonyl (C=O) groups excluding carboxylic acids is 1. The van der Waals surface area contributed by atoms with Gasteiger partial charge in [0.2, 0.25) is 5.91 Å². The van der Waals surface area contributed by atoms with E-state index in [1.165, 1.54) is 13.0 Å². The lowest BCUT2D eigenvalue weighted by Crippen LogP contribution is -2.34. The van der Waals surface area contributed by atoms with Gasteiger partial charge in [0.05, 0.1) is 6.04 Å². The lowest BCUT2D eigenvalue weighted by molar-refractivity contribution is -0.137. The van der Waals surface area contributed by atoms with Gasteiger partial charge in [-0.1, -0.05) is 55.3 Å². The number of amides is 1. The van der Waals surface area contributed by atoms with Crippen molar-refractivity contribution in [3.8, 4) is 0 Å². The van der Waals surface area contributed by atoms with Crippen LogP contribution in [0.15, 0.2) is 42.5 Å². The highest BCUT2D eigenvalue weighted by molar-refractivity contribution is 5.79. The van der Waals surface area contributed by atoms with Crippen molar-refractivity contribution in [2.24, 2.45) is 0 Å². The molecule has 0 bridgehead atoms. The highest BCUT2D eigenvalue weighted by Gasteiger charge is 2.33. The lowest BCUT2D eigenvalue weighted by atomic mass is 9.93. The highest BCUT2D eigenvalue weighted by Crippen LogP contribution is 2.31. The van der Waals surface area contributed by atoms with E-state index < -0.39 is 17.7 Å². The number of carbonyl (C=O) groups is 2. The van der Waals surface area contributed by atoms with Crippen molar-refractivity contribution in [3.63, 3.8) is 0 Å². The Kier molecular flexibility index (Phi) is 8.18. The van der Waals surface area contributed by atoms with Crippen LogP contribution in [0, 0.1) is 0 Å². The Hall–Kier alpha value is -2.21. The molecule has 0 unspecified atom stereocenters. The van der Waals surface area contributed by atoms with Crippen molar-refractivity contribution < 1.29 is 24.2 Å². The maximum absolute atomic E-state index is 14.7. The number of hydrogen-bond donors (Lipinski definition) is 2. The van der Waals surface area contributed by atoms with E-state index in [-0.39, 0.29) is 18.4 Å². The number of carboxylic acids is 1. The molecule has 0 aliphatic carbocycles. The molecule has 0 radical (unpaired) electrons. The van der Waals surface area contributed by atoms with E-state index in [1.807, 2.05) is 0 Å². The first-order chi connectivity index (χ1) is 13.3. The fraction of sp³-hybridized carbons (Fsp3) is 0.545. The standard InChI is InChI=1S/C22H30FNO4/c1-22(28,21(23)17-9-5-4-6-10-17)15-14-18-12-13-19(25)24(18)16-8-3-2-7-11-20(26)27/h4-6,9-10,14-15,18,21,28H,2-3,7-8,11-13,16H2,1H3,(H,26,27)/b15-14+/t18-,21-,22-/m1/s1. The van der Waals surface area contributed by atoms with Gasteiger partial charge in [-0.15, -0.1) is 0 Å². The van der Waals surface area contributed by atoms with Gasteiger partial charge in [0.25, 0.3) is 0 Å². The van der Waals surface area contributed by atoms with Gasteiger partial charge in [-0.3, -0.25) is 9.59 Å². The number of hydrogen-bond acceptors (Lipinski definition) is 3. The number of unbranched alkanes of at least 4 members (excludes halogenated alkanes) is 3. The molecule has 1 aliphatic heterocycles. The molecule has 0 spiro atoms. The lowest BCUT2D eigenvalue weighted by Gasteiger charge is -2.27. The summed E-state index contributed by atoms with van der Waals surface area (Å²) in [5.74, 6) is -0.715. The second-order valence-electron chi connectivity index (χ2n) is 7.61. The van der Waals surface area contributed by atoms with Crippen molar-refractivity contribution in [2.45, 2.75) is 69.7 Å². The van der Waals surface area contributed by atoms with Gasteiger partial charge in [0.1, 0.15) is 5.60 Å². The van der Waals surface area contributed by atoms with E-state index in [1.54, 1.807) is 41.3 Å². The Balaban J connectivity index is 1.88. The van der Waals surface area contributed by atoms with Crippen LogP contribution in [0.1, 0.15) is 63.6 Å². The van der Waals surface area contributed by atoms with E-state index in [0.29, 0.717) is 31.4 Å². The summed E-state index contributed by atoms with van der Waals surface area (Å²) in [6, 6.07) is 8.40. The minimum absolute atomic E-state index is 0.0692. The summed E-state index contributed by atoms with van der Waals surface area (Å²) in [7, 11) is 0. The molecule has 1 saturated heterocycles.